The Bertz CT molecular complexity index is 441. The zero-order chi connectivity index (χ0) is 14.4. The summed E-state index contributed by atoms with van der Waals surface area (Å²) >= 11 is 3.39. The van der Waals surface area contributed by atoms with Gasteiger partial charge in [-0.3, -0.25) is 4.79 Å². The van der Waals surface area contributed by atoms with Gasteiger partial charge in [-0.05, 0) is 43.9 Å². The maximum atomic E-state index is 10.8. The lowest BCUT2D eigenvalue weighted by Crippen LogP contribution is -2.27. The summed E-state index contributed by atoms with van der Waals surface area (Å²) in [5.74, 6) is -0.0493. The van der Waals surface area contributed by atoms with E-state index >= 15 is 0 Å². The average molecular weight is 343 g/mol. The number of halogens is 1. The minimum absolute atomic E-state index is 0.178. The Kier molecular flexibility index (Phi) is 5.86. The van der Waals surface area contributed by atoms with Crippen molar-refractivity contribution in [3.63, 3.8) is 0 Å². The molecule has 1 aromatic rings. The van der Waals surface area contributed by atoms with E-state index in [2.05, 4.69) is 15.9 Å². The van der Waals surface area contributed by atoms with Crippen molar-refractivity contribution < 1.29 is 19.4 Å². The fraction of sp³-hybridized carbons (Fsp3) is 0.533. The first-order valence-corrected chi connectivity index (χ1v) is 7.67. The molecule has 0 amide bonds. The summed E-state index contributed by atoms with van der Waals surface area (Å²) in [5, 5.41) is 8.92. The Labute approximate surface area is 127 Å². The number of ether oxygens (including phenoxy) is 2. The van der Waals surface area contributed by atoms with Crippen molar-refractivity contribution in [1.29, 1.82) is 0 Å². The van der Waals surface area contributed by atoms with Crippen molar-refractivity contribution in [1.82, 2.24) is 0 Å². The smallest absolute Gasteiger partial charge is 0.306 e. The first-order chi connectivity index (χ1) is 9.65. The van der Waals surface area contributed by atoms with Crippen LogP contribution in [-0.4, -0.2) is 30.4 Å². The molecule has 0 unspecified atom stereocenters. The predicted molar refractivity (Wildman–Crippen MR) is 79.0 cm³/mol. The fourth-order valence-electron chi connectivity index (χ4n) is 2.41. The molecule has 0 aromatic heterocycles. The first kappa shape index (κ1) is 15.3. The van der Waals surface area contributed by atoms with Crippen molar-refractivity contribution >= 4 is 21.9 Å². The van der Waals surface area contributed by atoms with Crippen LogP contribution in [0.3, 0.4) is 0 Å². The molecule has 1 fully saturated rings. The zero-order valence-corrected chi connectivity index (χ0v) is 12.8. The molecule has 4 nitrogen and oxygen atoms in total. The third kappa shape index (κ3) is 4.80. The SMILES string of the molecule is O=C(O)C1CCC(OCCOc2cccc(Br)c2)CC1. The number of hydrogen-bond acceptors (Lipinski definition) is 3. The van der Waals surface area contributed by atoms with E-state index in [9.17, 15) is 4.79 Å². The van der Waals surface area contributed by atoms with E-state index in [1.54, 1.807) is 0 Å². The lowest BCUT2D eigenvalue weighted by molar-refractivity contribution is -0.143. The average Bonchev–Trinajstić information content (AvgIpc) is 2.44. The Morgan fingerprint density at radius 1 is 1.25 bits per heavy atom. The summed E-state index contributed by atoms with van der Waals surface area (Å²) in [5.41, 5.74) is 0. The lowest BCUT2D eigenvalue weighted by Gasteiger charge is -2.26. The van der Waals surface area contributed by atoms with Crippen LogP contribution in [0.5, 0.6) is 5.75 Å². The highest BCUT2D eigenvalue weighted by Crippen LogP contribution is 2.26. The van der Waals surface area contributed by atoms with Gasteiger partial charge in [-0.15, -0.1) is 0 Å². The monoisotopic (exact) mass is 342 g/mol. The van der Waals surface area contributed by atoms with Crippen molar-refractivity contribution in [2.45, 2.75) is 31.8 Å². The van der Waals surface area contributed by atoms with Gasteiger partial charge in [-0.25, -0.2) is 0 Å². The summed E-state index contributed by atoms with van der Waals surface area (Å²) in [4.78, 5) is 10.8. The third-order valence-electron chi connectivity index (χ3n) is 3.53. The molecule has 0 atom stereocenters. The van der Waals surface area contributed by atoms with Gasteiger partial charge in [0, 0.05) is 4.47 Å². The summed E-state index contributed by atoms with van der Waals surface area (Å²) < 4.78 is 12.3. The Hall–Kier alpha value is -1.07. The molecule has 2 rings (SSSR count). The predicted octanol–water partition coefficient (Wildman–Crippen LogP) is 3.49. The molecule has 1 N–H and O–H groups in total. The van der Waals surface area contributed by atoms with E-state index < -0.39 is 5.97 Å². The molecular weight excluding hydrogens is 324 g/mol. The topological polar surface area (TPSA) is 55.8 Å². The van der Waals surface area contributed by atoms with Gasteiger partial charge in [-0.1, -0.05) is 22.0 Å². The first-order valence-electron chi connectivity index (χ1n) is 6.88. The number of carbonyl (C=O) groups is 1. The maximum absolute atomic E-state index is 10.8. The van der Waals surface area contributed by atoms with Crippen LogP contribution in [0.2, 0.25) is 0 Å². The Morgan fingerprint density at radius 3 is 2.65 bits per heavy atom. The molecule has 5 heteroatoms. The standard InChI is InChI=1S/C15H19BrO4/c16-12-2-1-3-14(10-12)20-9-8-19-13-6-4-11(5-7-13)15(17)18/h1-3,10-11,13H,4-9H2,(H,17,18). The van der Waals surface area contributed by atoms with Crippen molar-refractivity contribution in [2.75, 3.05) is 13.2 Å². The minimum Gasteiger partial charge on any atom is -0.491 e. The normalized spacial score (nSPS) is 22.4. The number of rotatable bonds is 6. The zero-order valence-electron chi connectivity index (χ0n) is 11.3. The van der Waals surface area contributed by atoms with Gasteiger partial charge in [-0.2, -0.15) is 0 Å². The molecule has 0 bridgehead atoms. The maximum Gasteiger partial charge on any atom is 0.306 e. The van der Waals surface area contributed by atoms with Gasteiger partial charge < -0.3 is 14.6 Å². The highest BCUT2D eigenvalue weighted by atomic mass is 79.9. The van der Waals surface area contributed by atoms with Crippen molar-refractivity contribution in [3.8, 4) is 5.75 Å². The van der Waals surface area contributed by atoms with Crippen LogP contribution >= 0.6 is 15.9 Å². The summed E-state index contributed by atoms with van der Waals surface area (Å²) in [6.07, 6.45) is 3.26. The van der Waals surface area contributed by atoms with E-state index in [0.717, 1.165) is 23.1 Å². The van der Waals surface area contributed by atoms with Gasteiger partial charge in [0.05, 0.1) is 18.6 Å². The molecule has 1 aliphatic rings. The van der Waals surface area contributed by atoms with Crippen molar-refractivity contribution in [3.05, 3.63) is 28.7 Å². The van der Waals surface area contributed by atoms with E-state index in [4.69, 9.17) is 14.6 Å². The number of aliphatic carboxylic acids is 1. The number of carboxylic acids is 1. The molecule has 0 spiro atoms. The third-order valence-corrected chi connectivity index (χ3v) is 4.02. The molecule has 1 aromatic carbocycles. The molecule has 1 aliphatic carbocycles. The highest BCUT2D eigenvalue weighted by molar-refractivity contribution is 9.10. The van der Waals surface area contributed by atoms with Crippen LogP contribution < -0.4 is 4.74 Å². The van der Waals surface area contributed by atoms with E-state index in [0.29, 0.717) is 26.1 Å². The lowest BCUT2D eigenvalue weighted by atomic mass is 9.87. The van der Waals surface area contributed by atoms with E-state index in [-0.39, 0.29) is 12.0 Å². The number of hydrogen-bond donors (Lipinski definition) is 1. The largest absolute Gasteiger partial charge is 0.491 e. The molecule has 1 saturated carbocycles. The fourth-order valence-corrected chi connectivity index (χ4v) is 2.79. The highest BCUT2D eigenvalue weighted by Gasteiger charge is 2.26. The molecular formula is C15H19BrO4. The van der Waals surface area contributed by atoms with Gasteiger partial charge in [0.1, 0.15) is 12.4 Å². The Morgan fingerprint density at radius 2 is 2.00 bits per heavy atom. The Balaban J connectivity index is 1.61. The molecule has 20 heavy (non-hydrogen) atoms. The molecule has 0 aliphatic heterocycles. The second-order valence-electron chi connectivity index (χ2n) is 4.99. The van der Waals surface area contributed by atoms with E-state index in [1.165, 1.54) is 0 Å². The quantitative estimate of drug-likeness (QED) is 0.804. The number of benzene rings is 1. The van der Waals surface area contributed by atoms with Crippen LogP contribution in [0.1, 0.15) is 25.7 Å². The van der Waals surface area contributed by atoms with Crippen LogP contribution in [0, 0.1) is 5.92 Å². The van der Waals surface area contributed by atoms with Crippen LogP contribution in [0.4, 0.5) is 0 Å². The summed E-state index contributed by atoms with van der Waals surface area (Å²) in [7, 11) is 0. The van der Waals surface area contributed by atoms with Gasteiger partial charge in [0.2, 0.25) is 0 Å². The second kappa shape index (κ2) is 7.64. The van der Waals surface area contributed by atoms with Gasteiger partial charge >= 0.3 is 5.97 Å². The second-order valence-corrected chi connectivity index (χ2v) is 5.90. The van der Waals surface area contributed by atoms with Gasteiger partial charge in [0.15, 0.2) is 0 Å². The van der Waals surface area contributed by atoms with Gasteiger partial charge in [0.25, 0.3) is 0 Å². The minimum atomic E-state index is -0.679. The van der Waals surface area contributed by atoms with Crippen LogP contribution in [0.15, 0.2) is 28.7 Å². The summed E-state index contributed by atoms with van der Waals surface area (Å²) in [6.45, 7) is 1.05. The molecule has 0 heterocycles. The van der Waals surface area contributed by atoms with E-state index in [1.807, 2.05) is 24.3 Å². The number of carboxylic acid groups (broad SMARTS) is 1. The molecule has 0 saturated heterocycles. The summed E-state index contributed by atoms with van der Waals surface area (Å²) in [6, 6.07) is 7.69. The molecule has 0 radical (unpaired) electrons. The van der Waals surface area contributed by atoms with Crippen molar-refractivity contribution in [2.24, 2.45) is 5.92 Å². The molecule has 110 valence electrons. The van der Waals surface area contributed by atoms with Crippen LogP contribution in [-0.2, 0) is 9.53 Å². The van der Waals surface area contributed by atoms with Crippen LogP contribution in [0.25, 0.3) is 0 Å².